The zero-order valence-electron chi connectivity index (χ0n) is 33.0. The predicted molar refractivity (Wildman–Crippen MR) is 201 cm³/mol. The number of aliphatic carboxylic acids is 1. The Morgan fingerprint density at radius 1 is 0.981 bits per heavy atom. The van der Waals surface area contributed by atoms with Crippen molar-refractivity contribution in [1.82, 2.24) is 15.3 Å². The van der Waals surface area contributed by atoms with E-state index >= 15 is 0 Å². The van der Waals surface area contributed by atoms with Gasteiger partial charge in [-0.3, -0.25) is 9.59 Å². The largest absolute Gasteiger partial charge is 0.481 e. The first-order valence-corrected chi connectivity index (χ1v) is 20.2. The highest BCUT2D eigenvalue weighted by Gasteiger charge is 2.70. The van der Waals surface area contributed by atoms with Crippen molar-refractivity contribution < 1.29 is 29.6 Å². The van der Waals surface area contributed by atoms with Crippen molar-refractivity contribution in [2.24, 2.45) is 56.2 Å². The van der Waals surface area contributed by atoms with Gasteiger partial charge in [-0.05, 0) is 116 Å². The number of allylic oxidation sites excluding steroid dienone is 1. The number of ketones is 1. The van der Waals surface area contributed by atoms with Gasteiger partial charge in [0.15, 0.2) is 12.1 Å². The van der Waals surface area contributed by atoms with Crippen molar-refractivity contribution >= 4 is 23.4 Å². The zero-order chi connectivity index (χ0) is 38.2. The molecule has 1 aromatic heterocycles. The summed E-state index contributed by atoms with van der Waals surface area (Å²) in [4.78, 5) is 34.4. The fourth-order valence-electron chi connectivity index (χ4n) is 13.0. The second-order valence-corrected chi connectivity index (χ2v) is 20.1. The van der Waals surface area contributed by atoms with Gasteiger partial charge in [-0.1, -0.05) is 65.6 Å². The van der Waals surface area contributed by atoms with Gasteiger partial charge < -0.3 is 25.4 Å². The summed E-state index contributed by atoms with van der Waals surface area (Å²) >= 11 is 5.98. The number of Topliss-reactive ketones (excluding diaryl/α,β-unsaturated/α-hetero) is 1. The summed E-state index contributed by atoms with van der Waals surface area (Å²) in [6, 6.07) is 0. The maximum Gasteiger partial charge on any atom is 0.309 e. The first-order valence-electron chi connectivity index (χ1n) is 19.8. The number of carboxylic acids is 1. The van der Waals surface area contributed by atoms with E-state index in [1.54, 1.807) is 26.2 Å². The van der Waals surface area contributed by atoms with Gasteiger partial charge in [0.25, 0.3) is 0 Å². The number of hydrogen-bond acceptors (Lipinski definition) is 8. The third kappa shape index (κ3) is 6.21. The molecule has 52 heavy (non-hydrogen) atoms. The molecule has 0 aromatic carbocycles. The molecule has 4 fully saturated rings. The quantitative estimate of drug-likeness (QED) is 0.167. The maximum absolute atomic E-state index is 14.0. The highest BCUT2D eigenvalue weighted by molar-refractivity contribution is 6.30. The Morgan fingerprint density at radius 2 is 1.65 bits per heavy atom. The molecule has 5 aliphatic carbocycles. The Hall–Kier alpha value is -1.91. The average molecular weight is 742 g/mol. The normalized spacial score (nSPS) is 38.3. The molecule has 1 heterocycles. The summed E-state index contributed by atoms with van der Waals surface area (Å²) in [5.41, 5.74) is 0.527. The van der Waals surface area contributed by atoms with Crippen LogP contribution in [0.3, 0.4) is 0 Å². The van der Waals surface area contributed by atoms with Crippen LogP contribution in [0.1, 0.15) is 132 Å². The van der Waals surface area contributed by atoms with Crippen LogP contribution in [-0.2, 0) is 20.9 Å². The van der Waals surface area contributed by atoms with Gasteiger partial charge in [0, 0.05) is 37.2 Å². The van der Waals surface area contributed by atoms with E-state index in [1.165, 1.54) is 5.57 Å². The molecule has 4 saturated carbocycles. The monoisotopic (exact) mass is 741 g/mol. The summed E-state index contributed by atoms with van der Waals surface area (Å²) in [5.74, 6) is 1.12. The summed E-state index contributed by atoms with van der Waals surface area (Å²) in [5, 5.41) is 36.6. The molecular formula is C42H64ClN3O6. The standard InChI is InChI=1S/C42H64ClN3O6/c1-24(2)34-27(47)18-42(30(48)22-44-23-32-45-20-25(43)21-46-32)17-16-40(8)26(35(34)42)10-11-29-39(7)14-13-31(52-33(49)19-37(3,4)36(50)51)38(5,6)28(39)12-15-41(29,40)9/h20-21,24,26,28-31,33,44,48-49H,10-19,22-23H2,1-9H3,(H,50,51)/t26-,28?,29-,30-,31+,33?,39+,40-,41-,42+/m1/s1. The lowest BCUT2D eigenvalue weighted by Gasteiger charge is -2.72. The number of rotatable bonds is 11. The van der Waals surface area contributed by atoms with E-state index in [4.69, 9.17) is 16.3 Å². The number of aliphatic hydroxyl groups is 2. The number of aliphatic hydroxyl groups excluding tert-OH is 2. The van der Waals surface area contributed by atoms with E-state index < -0.39 is 29.2 Å². The first kappa shape index (κ1) is 39.8. The number of carbonyl (C=O) groups is 2. The van der Waals surface area contributed by atoms with Gasteiger partial charge in [0.1, 0.15) is 5.82 Å². The molecular weight excluding hydrogens is 678 g/mol. The minimum absolute atomic E-state index is 0.0200. The number of halogens is 1. The van der Waals surface area contributed by atoms with Crippen molar-refractivity contribution in [2.45, 2.75) is 152 Å². The van der Waals surface area contributed by atoms with E-state index in [0.717, 1.165) is 56.9 Å². The molecule has 0 saturated heterocycles. The van der Waals surface area contributed by atoms with Crippen LogP contribution < -0.4 is 5.32 Å². The van der Waals surface area contributed by atoms with Crippen LogP contribution in [0.25, 0.3) is 0 Å². The molecule has 0 amide bonds. The minimum atomic E-state index is -1.13. The summed E-state index contributed by atoms with van der Waals surface area (Å²) in [7, 11) is 0. The lowest BCUT2D eigenvalue weighted by molar-refractivity contribution is -0.258. The Balaban J connectivity index is 1.25. The number of carbonyl (C=O) groups excluding carboxylic acids is 1. The van der Waals surface area contributed by atoms with Crippen LogP contribution in [0.2, 0.25) is 5.02 Å². The summed E-state index contributed by atoms with van der Waals surface area (Å²) in [6.07, 6.45) is 9.48. The SMILES string of the molecule is CC(C)C1=C2[C@H]3CC[C@@H]4[C@@]5(C)CC[C@H](OC(O)CC(C)(C)C(=O)O)C(C)(C)C5CC[C@@]4(C)[C@]3(C)CC[C@@]2([C@H](O)CNCc2ncc(Cl)cn2)CC1=O. The maximum atomic E-state index is 14.0. The number of carboxylic acid groups (broad SMARTS) is 1. The third-order valence-electron chi connectivity index (χ3n) is 15.9. The van der Waals surface area contributed by atoms with Gasteiger partial charge >= 0.3 is 5.97 Å². The van der Waals surface area contributed by atoms with E-state index in [9.17, 15) is 24.9 Å². The second kappa shape index (κ2) is 13.7. The highest BCUT2D eigenvalue weighted by atomic mass is 35.5. The Kier molecular flexibility index (Phi) is 10.5. The topological polar surface area (TPSA) is 142 Å². The van der Waals surface area contributed by atoms with E-state index in [2.05, 4.69) is 63.8 Å². The fraction of sp³-hybridized carbons (Fsp3) is 0.810. The lowest BCUT2D eigenvalue weighted by Crippen LogP contribution is -2.66. The van der Waals surface area contributed by atoms with Crippen LogP contribution in [-0.4, -0.2) is 62.1 Å². The van der Waals surface area contributed by atoms with Crippen LogP contribution in [0.4, 0.5) is 0 Å². The van der Waals surface area contributed by atoms with Gasteiger partial charge in [-0.15, -0.1) is 0 Å². The molecule has 10 atom stereocenters. The molecule has 9 nitrogen and oxygen atoms in total. The van der Waals surface area contributed by atoms with Crippen LogP contribution in [0.15, 0.2) is 23.5 Å². The molecule has 10 heteroatoms. The second-order valence-electron chi connectivity index (χ2n) is 19.6. The fourth-order valence-corrected chi connectivity index (χ4v) is 13.1. The van der Waals surface area contributed by atoms with Crippen molar-refractivity contribution in [1.29, 1.82) is 0 Å². The van der Waals surface area contributed by atoms with Crippen molar-refractivity contribution in [3.8, 4) is 0 Å². The molecule has 0 radical (unpaired) electrons. The number of nitrogens with one attached hydrogen (secondary N) is 1. The van der Waals surface area contributed by atoms with Crippen LogP contribution in [0, 0.1) is 56.2 Å². The van der Waals surface area contributed by atoms with Gasteiger partial charge in [0.05, 0.1) is 29.2 Å². The minimum Gasteiger partial charge on any atom is -0.481 e. The molecule has 2 unspecified atom stereocenters. The molecule has 5 aliphatic rings. The Labute approximate surface area is 316 Å². The van der Waals surface area contributed by atoms with Crippen LogP contribution >= 0.6 is 11.6 Å². The molecule has 6 rings (SSSR count). The molecule has 290 valence electrons. The molecule has 1 aromatic rings. The summed E-state index contributed by atoms with van der Waals surface area (Å²) in [6.45, 7) is 20.5. The number of fused-ring (bicyclic) bond motifs is 7. The van der Waals surface area contributed by atoms with E-state index in [0.29, 0.717) is 42.2 Å². The predicted octanol–water partition coefficient (Wildman–Crippen LogP) is 7.77. The number of ether oxygens (including phenoxy) is 1. The first-order chi connectivity index (χ1) is 24.1. The smallest absolute Gasteiger partial charge is 0.309 e. The van der Waals surface area contributed by atoms with E-state index in [-0.39, 0.29) is 51.8 Å². The zero-order valence-corrected chi connectivity index (χ0v) is 33.8. The average Bonchev–Trinajstić information content (AvgIpc) is 3.36. The molecule has 0 bridgehead atoms. The third-order valence-corrected chi connectivity index (χ3v) is 16.1. The Bertz CT molecular complexity index is 1580. The van der Waals surface area contributed by atoms with Gasteiger partial charge in [-0.25, -0.2) is 9.97 Å². The van der Waals surface area contributed by atoms with Gasteiger partial charge in [0.2, 0.25) is 0 Å². The molecule has 0 spiro atoms. The summed E-state index contributed by atoms with van der Waals surface area (Å²) < 4.78 is 6.35. The molecule has 0 aliphatic heterocycles. The number of aromatic nitrogens is 2. The van der Waals surface area contributed by atoms with Crippen LogP contribution in [0.5, 0.6) is 0 Å². The van der Waals surface area contributed by atoms with Crippen molar-refractivity contribution in [3.05, 3.63) is 34.4 Å². The van der Waals surface area contributed by atoms with Crippen molar-refractivity contribution in [2.75, 3.05) is 6.54 Å². The lowest BCUT2D eigenvalue weighted by atomic mass is 9.33. The molecule has 4 N–H and O–H groups in total. The van der Waals surface area contributed by atoms with Gasteiger partial charge in [-0.2, -0.15) is 0 Å². The van der Waals surface area contributed by atoms with Crippen molar-refractivity contribution in [3.63, 3.8) is 0 Å². The number of nitrogens with zero attached hydrogens (tertiary/aromatic N) is 2. The Morgan fingerprint density at radius 3 is 2.29 bits per heavy atom. The van der Waals surface area contributed by atoms with E-state index in [1.807, 2.05) is 0 Å². The highest BCUT2D eigenvalue weighted by Crippen LogP contribution is 2.77. The number of hydrogen-bond donors (Lipinski definition) is 4.